The molecule has 4 nitrogen and oxygen atoms in total. The molecule has 0 saturated heterocycles. The highest BCUT2D eigenvalue weighted by Crippen LogP contribution is 2.32. The molecule has 0 fully saturated rings. The minimum Gasteiger partial charge on any atom is -0.396 e. The fourth-order valence-electron chi connectivity index (χ4n) is 1.55. The Kier molecular flexibility index (Phi) is 4.06. The van der Waals surface area contributed by atoms with Crippen molar-refractivity contribution in [3.05, 3.63) is 42.1 Å². The van der Waals surface area contributed by atoms with Crippen LogP contribution < -0.4 is 11.1 Å². The fourth-order valence-corrected chi connectivity index (χ4v) is 2.43. The average Bonchev–Trinajstić information content (AvgIpc) is 2.37. The largest absolute Gasteiger partial charge is 0.396 e. The second kappa shape index (κ2) is 5.75. The van der Waals surface area contributed by atoms with Crippen molar-refractivity contribution < 1.29 is 4.79 Å². The van der Waals surface area contributed by atoms with E-state index in [1.807, 2.05) is 37.3 Å². The molecule has 19 heavy (non-hydrogen) atoms. The van der Waals surface area contributed by atoms with Crippen LogP contribution in [0.5, 0.6) is 0 Å². The number of aryl methyl sites for hydroxylation is 1. The van der Waals surface area contributed by atoms with Crippen molar-refractivity contribution in [2.75, 3.05) is 11.1 Å². The van der Waals surface area contributed by atoms with E-state index < -0.39 is 0 Å². The molecule has 1 aromatic carbocycles. The SMILES string of the molecule is CC(=O)Nc1ccc(Sc2nccc(C)c2N)cc1. The minimum atomic E-state index is -0.0787. The Morgan fingerprint density at radius 1 is 1.26 bits per heavy atom. The smallest absolute Gasteiger partial charge is 0.221 e. The minimum absolute atomic E-state index is 0.0787. The zero-order valence-electron chi connectivity index (χ0n) is 10.8. The second-order valence-corrected chi connectivity index (χ2v) is 5.22. The van der Waals surface area contributed by atoms with Crippen molar-refractivity contribution in [2.24, 2.45) is 0 Å². The van der Waals surface area contributed by atoms with E-state index in [1.165, 1.54) is 18.7 Å². The number of nitrogens with one attached hydrogen (secondary N) is 1. The van der Waals surface area contributed by atoms with Gasteiger partial charge in [-0.1, -0.05) is 11.8 Å². The first-order chi connectivity index (χ1) is 9.06. The van der Waals surface area contributed by atoms with Gasteiger partial charge in [-0.3, -0.25) is 4.79 Å². The molecular formula is C14H15N3OS. The van der Waals surface area contributed by atoms with E-state index in [0.717, 1.165) is 21.2 Å². The number of rotatable bonds is 3. The Hall–Kier alpha value is -2.01. The summed E-state index contributed by atoms with van der Waals surface area (Å²) >= 11 is 1.51. The molecule has 0 unspecified atom stereocenters. The van der Waals surface area contributed by atoms with E-state index in [-0.39, 0.29) is 5.91 Å². The highest BCUT2D eigenvalue weighted by Gasteiger charge is 2.05. The predicted octanol–water partition coefficient (Wildman–Crippen LogP) is 3.08. The second-order valence-electron chi connectivity index (χ2n) is 4.15. The third-order valence-electron chi connectivity index (χ3n) is 2.56. The number of carbonyl (C=O) groups excluding carboxylic acids is 1. The molecule has 2 rings (SSSR count). The Bertz CT molecular complexity index is 596. The summed E-state index contributed by atoms with van der Waals surface area (Å²) in [6.07, 6.45) is 1.75. The Balaban J connectivity index is 2.15. The Morgan fingerprint density at radius 2 is 1.95 bits per heavy atom. The fraction of sp³-hybridized carbons (Fsp3) is 0.143. The number of pyridine rings is 1. The number of benzene rings is 1. The van der Waals surface area contributed by atoms with Crippen LogP contribution in [0.4, 0.5) is 11.4 Å². The van der Waals surface area contributed by atoms with Gasteiger partial charge in [-0.15, -0.1) is 0 Å². The molecule has 2 aromatic rings. The van der Waals surface area contributed by atoms with Crippen LogP contribution in [0.2, 0.25) is 0 Å². The van der Waals surface area contributed by atoms with Gasteiger partial charge in [0.25, 0.3) is 0 Å². The van der Waals surface area contributed by atoms with Gasteiger partial charge in [0.05, 0.1) is 5.69 Å². The van der Waals surface area contributed by atoms with Gasteiger partial charge in [0, 0.05) is 23.7 Å². The molecule has 1 aromatic heterocycles. The van der Waals surface area contributed by atoms with Gasteiger partial charge in [-0.25, -0.2) is 4.98 Å². The summed E-state index contributed by atoms with van der Waals surface area (Å²) in [6, 6.07) is 9.46. The number of aromatic nitrogens is 1. The van der Waals surface area contributed by atoms with E-state index in [1.54, 1.807) is 6.20 Å². The summed E-state index contributed by atoms with van der Waals surface area (Å²) in [5, 5.41) is 3.53. The first kappa shape index (κ1) is 13.4. The molecule has 0 aliphatic rings. The summed E-state index contributed by atoms with van der Waals surface area (Å²) in [6.45, 7) is 3.45. The molecule has 0 aliphatic carbocycles. The van der Waals surface area contributed by atoms with E-state index in [9.17, 15) is 4.79 Å². The lowest BCUT2D eigenvalue weighted by atomic mass is 10.3. The summed E-state index contributed by atoms with van der Waals surface area (Å²) in [5.74, 6) is -0.0787. The number of nitrogens with zero attached hydrogens (tertiary/aromatic N) is 1. The molecule has 1 heterocycles. The van der Waals surface area contributed by atoms with Gasteiger partial charge >= 0.3 is 0 Å². The number of hydrogen-bond acceptors (Lipinski definition) is 4. The highest BCUT2D eigenvalue weighted by molar-refractivity contribution is 7.99. The van der Waals surface area contributed by atoms with Crippen LogP contribution in [-0.4, -0.2) is 10.9 Å². The lowest BCUT2D eigenvalue weighted by Gasteiger charge is -2.07. The monoisotopic (exact) mass is 273 g/mol. The van der Waals surface area contributed by atoms with Gasteiger partial charge < -0.3 is 11.1 Å². The van der Waals surface area contributed by atoms with Crippen molar-refractivity contribution >= 4 is 29.0 Å². The number of carbonyl (C=O) groups is 1. The van der Waals surface area contributed by atoms with Gasteiger partial charge in [0.2, 0.25) is 5.91 Å². The molecule has 0 spiro atoms. The molecule has 0 radical (unpaired) electrons. The molecule has 0 aliphatic heterocycles. The number of nitrogen functional groups attached to an aromatic ring is 1. The maximum Gasteiger partial charge on any atom is 0.221 e. The number of hydrogen-bond donors (Lipinski definition) is 2. The third kappa shape index (κ3) is 3.48. The van der Waals surface area contributed by atoms with Crippen LogP contribution >= 0.6 is 11.8 Å². The maximum atomic E-state index is 10.9. The van der Waals surface area contributed by atoms with Crippen LogP contribution in [0.15, 0.2) is 46.5 Å². The summed E-state index contributed by atoms with van der Waals surface area (Å²) < 4.78 is 0. The van der Waals surface area contributed by atoms with E-state index in [2.05, 4.69) is 10.3 Å². The topological polar surface area (TPSA) is 68.0 Å². The zero-order valence-corrected chi connectivity index (χ0v) is 11.6. The summed E-state index contributed by atoms with van der Waals surface area (Å²) in [7, 11) is 0. The van der Waals surface area contributed by atoms with Crippen molar-refractivity contribution in [2.45, 2.75) is 23.8 Å². The highest BCUT2D eigenvalue weighted by atomic mass is 32.2. The first-order valence-electron chi connectivity index (χ1n) is 5.83. The summed E-state index contributed by atoms with van der Waals surface area (Å²) in [5.41, 5.74) is 8.49. The number of amides is 1. The Morgan fingerprint density at radius 3 is 2.58 bits per heavy atom. The van der Waals surface area contributed by atoms with Gasteiger partial charge in [-0.05, 0) is 42.8 Å². The molecule has 1 amide bonds. The maximum absolute atomic E-state index is 10.9. The van der Waals surface area contributed by atoms with Crippen LogP contribution in [0.25, 0.3) is 0 Å². The third-order valence-corrected chi connectivity index (χ3v) is 3.59. The number of anilines is 2. The van der Waals surface area contributed by atoms with Crippen LogP contribution in [0.3, 0.4) is 0 Å². The van der Waals surface area contributed by atoms with Crippen LogP contribution in [0, 0.1) is 6.92 Å². The molecule has 3 N–H and O–H groups in total. The van der Waals surface area contributed by atoms with Crippen LogP contribution in [0.1, 0.15) is 12.5 Å². The van der Waals surface area contributed by atoms with Gasteiger partial charge in [0.15, 0.2) is 0 Å². The van der Waals surface area contributed by atoms with Crippen LogP contribution in [-0.2, 0) is 4.79 Å². The van der Waals surface area contributed by atoms with Crippen molar-refractivity contribution in [3.63, 3.8) is 0 Å². The lowest BCUT2D eigenvalue weighted by Crippen LogP contribution is -2.05. The number of nitrogens with two attached hydrogens (primary N) is 1. The normalized spacial score (nSPS) is 10.2. The van der Waals surface area contributed by atoms with E-state index in [0.29, 0.717) is 5.69 Å². The first-order valence-corrected chi connectivity index (χ1v) is 6.64. The van der Waals surface area contributed by atoms with Gasteiger partial charge in [-0.2, -0.15) is 0 Å². The quantitative estimate of drug-likeness (QED) is 0.901. The molecular weight excluding hydrogens is 258 g/mol. The van der Waals surface area contributed by atoms with Gasteiger partial charge in [0.1, 0.15) is 5.03 Å². The molecule has 5 heteroatoms. The van der Waals surface area contributed by atoms with Crippen molar-refractivity contribution in [1.29, 1.82) is 0 Å². The van der Waals surface area contributed by atoms with E-state index in [4.69, 9.17) is 5.73 Å². The van der Waals surface area contributed by atoms with Crippen molar-refractivity contribution in [1.82, 2.24) is 4.98 Å². The Labute approximate surface area is 116 Å². The standard InChI is InChI=1S/C14H15N3OS/c1-9-7-8-16-14(13(9)15)19-12-5-3-11(4-6-12)17-10(2)18/h3-8H,15H2,1-2H3,(H,17,18). The van der Waals surface area contributed by atoms with E-state index >= 15 is 0 Å². The molecule has 0 atom stereocenters. The molecule has 0 bridgehead atoms. The zero-order chi connectivity index (χ0) is 13.8. The average molecular weight is 273 g/mol. The molecule has 98 valence electrons. The predicted molar refractivity (Wildman–Crippen MR) is 78.3 cm³/mol. The van der Waals surface area contributed by atoms with Crippen molar-refractivity contribution in [3.8, 4) is 0 Å². The lowest BCUT2D eigenvalue weighted by molar-refractivity contribution is -0.114. The summed E-state index contributed by atoms with van der Waals surface area (Å²) in [4.78, 5) is 16.2. The molecule has 0 saturated carbocycles.